The number of amides is 17. The molecule has 1 aliphatic heterocycles. The van der Waals surface area contributed by atoms with Crippen LogP contribution in [0.5, 0.6) is 0 Å². The highest BCUT2D eigenvalue weighted by Gasteiger charge is 2.43. The summed E-state index contributed by atoms with van der Waals surface area (Å²) in [7, 11) is 0. The van der Waals surface area contributed by atoms with Crippen molar-refractivity contribution in [2.75, 3.05) is 62.8 Å². The van der Waals surface area contributed by atoms with Crippen molar-refractivity contribution in [2.45, 2.75) is 196 Å². The highest BCUT2D eigenvalue weighted by Crippen LogP contribution is 2.26. The van der Waals surface area contributed by atoms with Crippen LogP contribution < -0.4 is 102 Å². The molecule has 5 aromatic rings. The summed E-state index contributed by atoms with van der Waals surface area (Å²) in [5, 5.41) is 86.5. The smallest absolute Gasteiger partial charge is 0.326 e. The van der Waals surface area contributed by atoms with E-state index in [2.05, 4.69) is 115 Å². The van der Waals surface area contributed by atoms with E-state index < -0.39 is 272 Å². The Morgan fingerprint density at radius 3 is 1.45 bits per heavy atom. The number of thiol groups is 2. The van der Waals surface area contributed by atoms with Crippen molar-refractivity contribution in [1.29, 1.82) is 5.41 Å². The van der Waals surface area contributed by atoms with Gasteiger partial charge in [0.1, 0.15) is 84.6 Å². The summed E-state index contributed by atoms with van der Waals surface area (Å²) in [5.74, 6) is -23.8. The Kier molecular flexibility index (Phi) is 45.7. The van der Waals surface area contributed by atoms with Crippen LogP contribution in [0.25, 0.3) is 21.8 Å². The number of carboxylic acid groups (broad SMARTS) is 3. The van der Waals surface area contributed by atoms with Crippen LogP contribution in [0.1, 0.15) is 109 Å². The molecule has 0 aliphatic carbocycles. The molecule has 0 unspecified atom stereocenters. The summed E-state index contributed by atoms with van der Waals surface area (Å²) in [6.07, 6.45) is 1.50. The fraction of sp³-hybridized carbons (Fsp3) is 0.500. The fourth-order valence-electron chi connectivity index (χ4n) is 14.4. The van der Waals surface area contributed by atoms with Gasteiger partial charge in [0.15, 0.2) is 5.96 Å². The standard InChI is InChI=1S/C86H121N23O24S3/c1-6-44(4)71(83(130)103-57(30-46-35-92-51-20-12-10-18-48(46)51)73(120)95-38-67(113)97-55(28-43(2)3)77(124)107-63(42-135)81(128)100-54(24-27-136-5)75(122)102-59(34-70(117)118)80(127)105-61(85(132)133)32-65(88)111)108-76(123)53(22-14-25-91-86(89)90)101-82(129)64-23-15-26-109(64)84(131)60(31-47-36-93-52-21-13-11-19-49(47)52)104-78(125)56(29-45-16-8-7-9-17-45)98-68(114)39-96-74(121)62(41-134)106-79(126)58(33-69(115)116)99-66(112)37-94-72(119)50(87)40-110/h7-13,16-21,35-36,43-44,50,53-64,71,92-93,110,134-135H,6,14-15,22-34,37-42,87H2,1-5H3,(H2,88,111)(H,94,119)(H,95,120)(H,96,121)(H,97,113)(H,98,114)(H,99,112)(H,100,128)(H,101,129)(H,102,122)(H,103,130)(H,104,125)(H,105,127)(H,106,126)(H,107,124)(H,108,123)(H,115,116)(H,117,118)(H,132,133)(H4,89,90,91)/t44-,50-,53-,54-,55-,56-,57-,58-,59-,60-,61-,62-,63-,64-,71-/m0/s1. The summed E-state index contributed by atoms with van der Waals surface area (Å²) in [4.78, 5) is 280. The second-order valence-electron chi connectivity index (χ2n) is 32.6. The number of likely N-dealkylation sites (tertiary alicyclic amines) is 1. The molecule has 50 heteroatoms. The second kappa shape index (κ2) is 55.9. The Hall–Kier alpha value is -13.6. The number of benzene rings is 3. The molecule has 15 atom stereocenters. The number of nitrogens with zero attached hydrogens (tertiary/aromatic N) is 1. The number of hydrogen-bond acceptors (Lipinski definition) is 26. The lowest BCUT2D eigenvalue weighted by molar-refractivity contribution is -0.145. The zero-order valence-corrected chi connectivity index (χ0v) is 78.0. The molecule has 742 valence electrons. The topological polar surface area (TPSA) is 752 Å². The average molecular weight is 1960 g/mol. The normalized spacial score (nSPS) is 15.3. The first-order valence-electron chi connectivity index (χ1n) is 43.6. The predicted octanol–water partition coefficient (Wildman–Crippen LogP) is -5.97. The van der Waals surface area contributed by atoms with Gasteiger partial charge in [-0.3, -0.25) is 96.5 Å². The lowest BCUT2D eigenvalue weighted by Gasteiger charge is -2.31. The van der Waals surface area contributed by atoms with Crippen LogP contribution in [-0.2, 0) is 115 Å². The number of hydrogen-bond donors (Lipinski definition) is 28. The molecule has 0 radical (unpaired) electrons. The first kappa shape index (κ1) is 111. The first-order valence-corrected chi connectivity index (χ1v) is 46.2. The van der Waals surface area contributed by atoms with Gasteiger partial charge in [-0.15, -0.1) is 0 Å². The van der Waals surface area contributed by atoms with E-state index in [1.54, 1.807) is 125 Å². The first-order chi connectivity index (χ1) is 64.6. The number of carboxylic acids is 3. The van der Waals surface area contributed by atoms with Crippen LogP contribution >= 0.6 is 37.0 Å². The molecule has 17 amide bonds. The van der Waals surface area contributed by atoms with Gasteiger partial charge in [0.2, 0.25) is 100 Å². The molecule has 136 heavy (non-hydrogen) atoms. The SMILES string of the molecule is CC[C@H](C)[C@H](NC(=O)[C@H](CCCNC(=N)N)NC(=O)[C@@H]1CCCN1C(=O)[C@H](Cc1c[nH]c2ccccc12)NC(=O)[C@H](Cc1ccccc1)NC(=O)CNC(=O)[C@H](CS)NC(=O)[C@H](CC(=O)O)NC(=O)CNC(=O)[C@@H](N)CO)C(=O)N[C@@H](Cc1c[nH]c2ccccc12)C(=O)NCC(=O)N[C@@H](CC(C)C)C(=O)N[C@@H](CS)C(=O)N[C@@H](CCSC)C(=O)N[C@@H](CC(=O)O)C(=O)N[C@@H](CC(N)=O)C(=O)O. The molecule has 29 N–H and O–H groups in total. The van der Waals surface area contributed by atoms with Gasteiger partial charge >= 0.3 is 17.9 Å². The number of aliphatic hydroxyl groups excluding tert-OH is 1. The molecule has 47 nitrogen and oxygen atoms in total. The Bertz CT molecular complexity index is 5080. The third-order valence-electron chi connectivity index (χ3n) is 21.7. The van der Waals surface area contributed by atoms with E-state index in [4.69, 9.17) is 27.7 Å². The third kappa shape index (κ3) is 36.0. The Morgan fingerprint density at radius 1 is 0.493 bits per heavy atom. The molecule has 0 spiro atoms. The van der Waals surface area contributed by atoms with Gasteiger partial charge in [0, 0.05) is 78.1 Å². The van der Waals surface area contributed by atoms with E-state index in [9.17, 15) is 87.2 Å². The number of primary amides is 1. The van der Waals surface area contributed by atoms with Crippen molar-refractivity contribution in [2.24, 2.45) is 29.0 Å². The molecule has 2 aromatic heterocycles. The van der Waals surface area contributed by atoms with Crippen molar-refractivity contribution in [1.82, 2.24) is 99.9 Å². The highest BCUT2D eigenvalue weighted by atomic mass is 32.2. The maximum Gasteiger partial charge on any atom is 0.326 e. The number of aliphatic hydroxyl groups is 1. The average Bonchev–Trinajstić information content (AvgIpc) is 1.65. The van der Waals surface area contributed by atoms with E-state index in [1.807, 2.05) is 5.32 Å². The number of carbonyl (C=O) groups excluding carboxylic acids is 17. The van der Waals surface area contributed by atoms with Crippen molar-refractivity contribution in [3.05, 3.63) is 108 Å². The number of guanidine groups is 1. The minimum absolute atomic E-state index is 0.00727. The number of thioether (sulfide) groups is 1. The van der Waals surface area contributed by atoms with Gasteiger partial charge in [-0.25, -0.2) is 4.79 Å². The molecule has 1 aliphatic rings. The fourth-order valence-corrected chi connectivity index (χ4v) is 15.4. The van der Waals surface area contributed by atoms with E-state index in [1.165, 1.54) is 16.7 Å². The van der Waals surface area contributed by atoms with Crippen LogP contribution in [0.3, 0.4) is 0 Å². The van der Waals surface area contributed by atoms with Gasteiger partial charge in [-0.05, 0) is 91.2 Å². The van der Waals surface area contributed by atoms with Crippen molar-refractivity contribution >= 4 is 183 Å². The highest BCUT2D eigenvalue weighted by molar-refractivity contribution is 7.98. The van der Waals surface area contributed by atoms with E-state index in [-0.39, 0.29) is 89.0 Å². The Morgan fingerprint density at radius 2 is 0.926 bits per heavy atom. The van der Waals surface area contributed by atoms with Crippen molar-refractivity contribution in [3.8, 4) is 0 Å². The van der Waals surface area contributed by atoms with Gasteiger partial charge in [-0.1, -0.05) is 101 Å². The van der Waals surface area contributed by atoms with Crippen LogP contribution in [-0.4, -0.2) is 307 Å². The van der Waals surface area contributed by atoms with Crippen LogP contribution in [0, 0.1) is 17.2 Å². The largest absolute Gasteiger partial charge is 0.481 e. The molecule has 0 bridgehead atoms. The second-order valence-corrected chi connectivity index (χ2v) is 34.3. The molecular formula is C86H121N23O24S3. The third-order valence-corrected chi connectivity index (χ3v) is 23.1. The lowest BCUT2D eigenvalue weighted by Crippen LogP contribution is -2.61. The zero-order chi connectivity index (χ0) is 101. The van der Waals surface area contributed by atoms with E-state index in [0.29, 0.717) is 38.5 Å². The molecule has 3 heterocycles. The van der Waals surface area contributed by atoms with Gasteiger partial charge in [-0.2, -0.15) is 37.0 Å². The molecule has 6 rings (SSSR count). The molecular weight excluding hydrogens is 1840 g/mol. The number of aromatic nitrogens is 2. The zero-order valence-electron chi connectivity index (χ0n) is 75.4. The number of H-pyrrole nitrogens is 2. The number of rotatable bonds is 58. The number of nitrogens with one attached hydrogen (secondary N) is 19. The molecule has 1 saturated heterocycles. The van der Waals surface area contributed by atoms with Crippen molar-refractivity contribution < 1.29 is 116 Å². The number of aromatic amines is 2. The maximum absolute atomic E-state index is 15.5. The van der Waals surface area contributed by atoms with Gasteiger partial charge in [0.05, 0.1) is 45.5 Å². The molecule has 3 aromatic carbocycles. The number of para-hydroxylation sites is 2. The van der Waals surface area contributed by atoms with Gasteiger partial charge < -0.3 is 138 Å². The number of nitrogens with two attached hydrogens (primary N) is 3. The minimum Gasteiger partial charge on any atom is -0.481 e. The maximum atomic E-state index is 15.5. The number of aliphatic carboxylic acids is 3. The molecule has 0 saturated carbocycles. The minimum atomic E-state index is -1.93. The summed E-state index contributed by atoms with van der Waals surface area (Å²) >= 11 is 9.64. The predicted molar refractivity (Wildman–Crippen MR) is 501 cm³/mol. The van der Waals surface area contributed by atoms with E-state index >= 15 is 24.0 Å². The molecule has 1 fully saturated rings. The van der Waals surface area contributed by atoms with Crippen LogP contribution in [0.15, 0.2) is 91.3 Å². The lowest BCUT2D eigenvalue weighted by atomic mass is 9.96. The van der Waals surface area contributed by atoms with Gasteiger partial charge in [0.25, 0.3) is 0 Å². The van der Waals surface area contributed by atoms with Crippen LogP contribution in [0.2, 0.25) is 0 Å². The van der Waals surface area contributed by atoms with E-state index in [0.717, 1.165) is 0 Å². The summed E-state index contributed by atoms with van der Waals surface area (Å²) in [6, 6.07) is 0.560. The quantitative estimate of drug-likeness (QED) is 0.00746. The number of fused-ring (bicyclic) bond motifs is 2. The van der Waals surface area contributed by atoms with Crippen LogP contribution in [0.4, 0.5) is 0 Å². The number of carbonyl (C=O) groups is 20. The Labute approximate surface area is 796 Å². The summed E-state index contributed by atoms with van der Waals surface area (Å²) in [6.45, 7) is 3.54. The summed E-state index contributed by atoms with van der Waals surface area (Å²) < 4.78 is 0. The van der Waals surface area contributed by atoms with Crippen molar-refractivity contribution in [3.63, 3.8) is 0 Å². The monoisotopic (exact) mass is 1960 g/mol. The Balaban J connectivity index is 1.21. The summed E-state index contributed by atoms with van der Waals surface area (Å²) in [5.41, 5.74) is 19.1.